The molecule has 10 heteroatoms. The predicted molar refractivity (Wildman–Crippen MR) is 199 cm³/mol. The van der Waals surface area contributed by atoms with Crippen LogP contribution in [0.2, 0.25) is 0 Å². The van der Waals surface area contributed by atoms with E-state index in [1.54, 1.807) is 0 Å². The summed E-state index contributed by atoms with van der Waals surface area (Å²) >= 11 is 0.0476. The summed E-state index contributed by atoms with van der Waals surface area (Å²) in [6.07, 6.45) is 4.47. The van der Waals surface area contributed by atoms with Gasteiger partial charge in [-0.15, -0.1) is 0 Å². The standard InChI is InChI=1S/2C7H17I3OS.12CH4/c2*1-5-8-7(3)9-10(12-4)11-6-2;;;;;;;;;;;;/h2*7H,5-6H2,1-4H3;12*1H4/q2*-2;;;;;;;;;;;;. The van der Waals surface area contributed by atoms with Crippen molar-refractivity contribution in [3.05, 3.63) is 0 Å². The van der Waals surface area contributed by atoms with E-state index in [1.165, 1.54) is 8.86 Å². The summed E-state index contributed by atoms with van der Waals surface area (Å²) in [6.45, 7) is 15.7. The van der Waals surface area contributed by atoms with Gasteiger partial charge in [-0.1, -0.05) is 89.1 Å². The van der Waals surface area contributed by atoms with E-state index >= 15 is 0 Å². The molecule has 0 aromatic carbocycles. The van der Waals surface area contributed by atoms with Crippen molar-refractivity contribution in [3.8, 4) is 0 Å². The summed E-state index contributed by atoms with van der Waals surface area (Å²) in [5, 5.41) is 0. The molecule has 2 atom stereocenters. The Bertz CT molecular complexity index is 240. The van der Waals surface area contributed by atoms with E-state index in [-0.39, 0.29) is 89.1 Å². The Morgan fingerprint density at radius 2 is 0.750 bits per heavy atom. The third kappa shape index (κ3) is 67.0. The first kappa shape index (κ1) is 90.0. The second-order valence-electron chi connectivity index (χ2n) is 3.51. The molecule has 0 heterocycles. The Labute approximate surface area is 294 Å². The summed E-state index contributed by atoms with van der Waals surface area (Å²) in [5.41, 5.74) is 0. The zero-order chi connectivity index (χ0) is 18.8. The SMILES string of the molecule is C.C.C.C.C.C.C.C.C.C.C.C.CCOI(SC)[I-]C(C)[I-]CC.CCOI(SC)[I-]C(C)[I-]CC. The Morgan fingerprint density at radius 1 is 0.528 bits per heavy atom. The van der Waals surface area contributed by atoms with Gasteiger partial charge in [0, 0.05) is 0 Å². The molecule has 0 aromatic rings. The van der Waals surface area contributed by atoms with Crippen LogP contribution in [0.15, 0.2) is 0 Å². The minimum absolute atomic E-state index is 0. The van der Waals surface area contributed by atoms with E-state index < -0.39 is 29.7 Å². The van der Waals surface area contributed by atoms with Gasteiger partial charge in [0.25, 0.3) is 0 Å². The average molecular weight is 1250 g/mol. The first-order valence-corrected chi connectivity index (χ1v) is 37.6. The van der Waals surface area contributed by atoms with Crippen LogP contribution in [0.25, 0.3) is 0 Å². The van der Waals surface area contributed by atoms with Gasteiger partial charge in [0.2, 0.25) is 0 Å². The molecule has 0 aliphatic heterocycles. The van der Waals surface area contributed by atoms with Gasteiger partial charge < -0.3 is 0 Å². The molecule has 0 aromatic heterocycles. The van der Waals surface area contributed by atoms with Crippen LogP contribution in [-0.4, -0.2) is 38.4 Å². The fourth-order valence-corrected chi connectivity index (χ4v) is 82.0. The van der Waals surface area contributed by atoms with Gasteiger partial charge in [-0.2, -0.15) is 0 Å². The molecule has 0 radical (unpaired) electrons. The van der Waals surface area contributed by atoms with Crippen LogP contribution in [0.3, 0.4) is 0 Å². The molecule has 0 aliphatic carbocycles. The van der Waals surface area contributed by atoms with Gasteiger partial charge in [0.15, 0.2) is 0 Å². The van der Waals surface area contributed by atoms with Gasteiger partial charge in [-0.05, 0) is 0 Å². The van der Waals surface area contributed by atoms with Crippen LogP contribution in [0.4, 0.5) is 0 Å². The van der Waals surface area contributed by atoms with Gasteiger partial charge in [0.1, 0.15) is 0 Å². The Balaban J connectivity index is -0.0000000168. The number of alkyl halides is 6. The number of halogens is 6. The second kappa shape index (κ2) is 72.3. The number of rotatable bonds is 14. The Morgan fingerprint density at radius 3 is 0.889 bits per heavy atom. The summed E-state index contributed by atoms with van der Waals surface area (Å²) in [4.78, 5) is 0. The average Bonchev–Trinajstić information content (AvgIpc) is 2.55. The van der Waals surface area contributed by atoms with Crippen molar-refractivity contribution in [1.29, 1.82) is 0 Å². The fraction of sp³-hybridized carbons (Fsp3) is 1.00. The molecular formula is C26H82I6O2S2-4. The van der Waals surface area contributed by atoms with E-state index in [4.69, 9.17) is 6.13 Å². The molecule has 0 rings (SSSR count). The maximum atomic E-state index is 5.79. The van der Waals surface area contributed by atoms with Crippen molar-refractivity contribution in [2.75, 3.05) is 34.6 Å². The molecule has 36 heavy (non-hydrogen) atoms. The first-order valence-electron chi connectivity index (χ1n) is 7.69. The van der Waals surface area contributed by atoms with E-state index in [9.17, 15) is 0 Å². The topological polar surface area (TPSA) is 18.5 Å². The van der Waals surface area contributed by atoms with E-state index in [0.29, 0.717) is 76.9 Å². The molecule has 0 bridgehead atoms. The molecule has 0 aliphatic rings. The molecule has 0 saturated heterocycles. The zero-order valence-corrected chi connectivity index (χ0v) is 30.5. The molecule has 2 unspecified atom stereocenters. The van der Waals surface area contributed by atoms with E-state index in [2.05, 4.69) is 54.1 Å². The molecule has 256 valence electrons. The van der Waals surface area contributed by atoms with Crippen molar-refractivity contribution in [2.45, 2.75) is 135 Å². The van der Waals surface area contributed by atoms with Crippen LogP contribution < -0.4 is 76.9 Å². The fourth-order valence-electron chi connectivity index (χ4n) is 1.03. The third-order valence-electron chi connectivity index (χ3n) is 1.73. The van der Waals surface area contributed by atoms with E-state index in [1.807, 2.05) is 17.9 Å². The molecular weight excluding hydrogens is 1170 g/mol. The first-order chi connectivity index (χ1) is 11.5. The van der Waals surface area contributed by atoms with Crippen molar-refractivity contribution < 1.29 is 83.0 Å². The normalized spacial score (nSPS) is 10.1. The molecule has 0 spiro atoms. The van der Waals surface area contributed by atoms with Crippen molar-refractivity contribution >= 4 is 47.6 Å². The summed E-state index contributed by atoms with van der Waals surface area (Å²) < 4.78 is 16.7. The summed E-state index contributed by atoms with van der Waals surface area (Å²) in [7, 11) is 4.10. The van der Waals surface area contributed by atoms with Crippen LogP contribution in [0, 0.1) is 0 Å². The van der Waals surface area contributed by atoms with Crippen LogP contribution in [0.5, 0.6) is 0 Å². The monoisotopic (exact) mass is 1250 g/mol. The van der Waals surface area contributed by atoms with Gasteiger partial charge >= 0.3 is 211 Å². The molecule has 0 N–H and O–H groups in total. The van der Waals surface area contributed by atoms with Crippen molar-refractivity contribution in [1.82, 2.24) is 0 Å². The van der Waals surface area contributed by atoms with Gasteiger partial charge in [-0.25, -0.2) is 0 Å². The maximum absolute atomic E-state index is 5.79. The molecule has 0 saturated carbocycles. The van der Waals surface area contributed by atoms with E-state index in [0.717, 1.165) is 17.1 Å². The molecule has 2 nitrogen and oxygen atoms in total. The van der Waals surface area contributed by atoms with Crippen LogP contribution >= 0.6 is 47.6 Å². The summed E-state index contributed by atoms with van der Waals surface area (Å²) in [5.74, 6) is 0. The predicted octanol–water partition coefficient (Wildman–Crippen LogP) is 2.00. The van der Waals surface area contributed by atoms with Crippen LogP contribution in [0.1, 0.15) is 131 Å². The van der Waals surface area contributed by atoms with Crippen molar-refractivity contribution in [2.24, 2.45) is 0 Å². The Hall–Kier alpha value is 5.00. The summed E-state index contributed by atoms with van der Waals surface area (Å²) in [6, 6.07) is 0. The number of hydrogen-bond acceptors (Lipinski definition) is 4. The number of hydrogen-bond donors (Lipinski definition) is 0. The Kier molecular flexibility index (Phi) is 181. The van der Waals surface area contributed by atoms with Gasteiger partial charge in [-0.3, -0.25) is 0 Å². The quantitative estimate of drug-likeness (QED) is 0.196. The van der Waals surface area contributed by atoms with Gasteiger partial charge in [0.05, 0.1) is 0 Å². The molecule has 0 amide bonds. The van der Waals surface area contributed by atoms with Crippen molar-refractivity contribution in [3.63, 3.8) is 0 Å². The van der Waals surface area contributed by atoms with Crippen LogP contribution in [-0.2, 0) is 6.13 Å². The third-order valence-corrected chi connectivity index (χ3v) is 73.0. The minimum atomic E-state index is -0.915. The molecule has 0 fully saturated rings. The zero-order valence-electron chi connectivity index (χ0n) is 15.9. The second-order valence-corrected chi connectivity index (χ2v) is 58.1.